The molecule has 0 saturated carbocycles. The maximum Gasteiger partial charge on any atom is 0.217 e. The van der Waals surface area contributed by atoms with E-state index < -0.39 is 0 Å². The van der Waals surface area contributed by atoms with E-state index in [4.69, 9.17) is 10.2 Å². The maximum atomic E-state index is 10.9. The Bertz CT molecular complexity index is 828. The molecule has 7 nitrogen and oxygen atoms in total. The van der Waals surface area contributed by atoms with Crippen LogP contribution >= 0.6 is 11.8 Å². The quantitative estimate of drug-likeness (QED) is 0.660. The number of thioether (sulfide) groups is 1. The van der Waals surface area contributed by atoms with E-state index in [0.29, 0.717) is 18.1 Å². The molecule has 0 aliphatic heterocycles. The third-order valence-electron chi connectivity index (χ3n) is 3.46. The van der Waals surface area contributed by atoms with Crippen LogP contribution in [0.4, 0.5) is 0 Å². The van der Waals surface area contributed by atoms with Crippen LogP contribution in [0.1, 0.15) is 18.1 Å². The fraction of sp³-hybridized carbons (Fsp3) is 0.250. The van der Waals surface area contributed by atoms with Gasteiger partial charge in [0.15, 0.2) is 10.9 Å². The van der Waals surface area contributed by atoms with Gasteiger partial charge in [0.25, 0.3) is 0 Å². The second kappa shape index (κ2) is 7.31. The highest BCUT2D eigenvalue weighted by atomic mass is 32.2. The number of aromatic nitrogens is 4. The highest BCUT2D eigenvalue weighted by Crippen LogP contribution is 2.25. The Morgan fingerprint density at radius 1 is 1.29 bits per heavy atom. The van der Waals surface area contributed by atoms with Crippen molar-refractivity contribution in [3.8, 4) is 11.3 Å². The molecular weight excluding hydrogens is 326 g/mol. The predicted octanol–water partition coefficient (Wildman–Crippen LogP) is 2.18. The minimum absolute atomic E-state index is 0.261. The molecule has 0 unspecified atom stereocenters. The molecule has 1 aromatic carbocycles. The topological polar surface area (TPSA) is 99.8 Å². The molecule has 3 aromatic rings. The summed E-state index contributed by atoms with van der Waals surface area (Å²) in [6.45, 7) is 0. The van der Waals surface area contributed by atoms with Gasteiger partial charge >= 0.3 is 0 Å². The second-order valence-electron chi connectivity index (χ2n) is 5.20. The summed E-state index contributed by atoms with van der Waals surface area (Å²) < 4.78 is 7.62. The molecule has 2 heterocycles. The highest BCUT2D eigenvalue weighted by molar-refractivity contribution is 7.98. The molecule has 0 radical (unpaired) electrons. The Morgan fingerprint density at radius 2 is 2.08 bits per heavy atom. The first-order valence-corrected chi connectivity index (χ1v) is 8.41. The number of hydrogen-bond donors (Lipinski definition) is 1. The molecule has 0 fully saturated rings. The SMILES string of the molecule is Cn1c(CCC(N)=O)nnc1SCc1ncc(-c2ccccc2)o1. The summed E-state index contributed by atoms with van der Waals surface area (Å²) >= 11 is 1.48. The van der Waals surface area contributed by atoms with E-state index in [1.807, 2.05) is 41.9 Å². The zero-order valence-electron chi connectivity index (χ0n) is 13.2. The van der Waals surface area contributed by atoms with Crippen LogP contribution in [0.25, 0.3) is 11.3 Å². The molecule has 0 aliphatic rings. The van der Waals surface area contributed by atoms with E-state index in [-0.39, 0.29) is 12.3 Å². The Labute approximate surface area is 143 Å². The number of carbonyl (C=O) groups is 1. The number of hydrogen-bond acceptors (Lipinski definition) is 6. The monoisotopic (exact) mass is 343 g/mol. The lowest BCUT2D eigenvalue weighted by molar-refractivity contribution is -0.118. The average Bonchev–Trinajstić information content (AvgIpc) is 3.19. The van der Waals surface area contributed by atoms with Gasteiger partial charge in [-0.2, -0.15) is 0 Å². The largest absolute Gasteiger partial charge is 0.440 e. The standard InChI is InChI=1S/C16H17N5O2S/c1-21-14(8-7-13(17)22)19-20-16(21)24-10-15-18-9-12(23-15)11-5-3-2-4-6-11/h2-6,9H,7-8,10H2,1H3,(H2,17,22). The first-order valence-electron chi connectivity index (χ1n) is 7.43. The minimum atomic E-state index is -0.347. The highest BCUT2D eigenvalue weighted by Gasteiger charge is 2.12. The van der Waals surface area contributed by atoms with E-state index in [9.17, 15) is 4.79 Å². The average molecular weight is 343 g/mol. The number of nitrogens with two attached hydrogens (primary N) is 1. The summed E-state index contributed by atoms with van der Waals surface area (Å²) in [6, 6.07) is 9.83. The predicted molar refractivity (Wildman–Crippen MR) is 90.0 cm³/mol. The van der Waals surface area contributed by atoms with Crippen LogP contribution in [0.3, 0.4) is 0 Å². The molecule has 8 heteroatoms. The third-order valence-corrected chi connectivity index (χ3v) is 4.46. The van der Waals surface area contributed by atoms with Gasteiger partial charge < -0.3 is 14.7 Å². The van der Waals surface area contributed by atoms with E-state index in [1.54, 1.807) is 6.20 Å². The van der Waals surface area contributed by atoms with Crippen molar-refractivity contribution in [1.82, 2.24) is 19.7 Å². The number of rotatable bonds is 7. The van der Waals surface area contributed by atoms with Gasteiger partial charge in [0.05, 0.1) is 11.9 Å². The lowest BCUT2D eigenvalue weighted by Gasteiger charge is -2.01. The smallest absolute Gasteiger partial charge is 0.217 e. The first kappa shape index (κ1) is 16.3. The molecule has 24 heavy (non-hydrogen) atoms. The summed E-state index contributed by atoms with van der Waals surface area (Å²) in [5, 5.41) is 8.96. The van der Waals surface area contributed by atoms with Gasteiger partial charge in [0.1, 0.15) is 5.82 Å². The van der Waals surface area contributed by atoms with Crippen molar-refractivity contribution in [1.29, 1.82) is 0 Å². The molecule has 0 bridgehead atoms. The molecule has 2 N–H and O–H groups in total. The van der Waals surface area contributed by atoms with Gasteiger partial charge in [0, 0.05) is 25.5 Å². The van der Waals surface area contributed by atoms with Gasteiger partial charge in [-0.25, -0.2) is 4.98 Å². The number of aryl methyl sites for hydroxylation is 1. The fourth-order valence-electron chi connectivity index (χ4n) is 2.16. The molecule has 3 rings (SSSR count). The van der Waals surface area contributed by atoms with Crippen molar-refractivity contribution >= 4 is 17.7 Å². The first-order chi connectivity index (χ1) is 11.6. The van der Waals surface area contributed by atoms with Gasteiger partial charge in [-0.15, -0.1) is 10.2 Å². The summed E-state index contributed by atoms with van der Waals surface area (Å²) in [6.07, 6.45) is 2.47. The summed E-state index contributed by atoms with van der Waals surface area (Å²) in [7, 11) is 1.86. The summed E-state index contributed by atoms with van der Waals surface area (Å²) in [5.74, 6) is 2.30. The summed E-state index contributed by atoms with van der Waals surface area (Å²) in [4.78, 5) is 15.2. The molecule has 0 saturated heterocycles. The van der Waals surface area contributed by atoms with E-state index in [2.05, 4.69) is 15.2 Å². The number of nitrogens with zero attached hydrogens (tertiary/aromatic N) is 4. The molecule has 0 spiro atoms. The van der Waals surface area contributed by atoms with E-state index in [0.717, 1.165) is 22.3 Å². The van der Waals surface area contributed by atoms with Crippen molar-refractivity contribution < 1.29 is 9.21 Å². The number of oxazole rings is 1. The van der Waals surface area contributed by atoms with Crippen molar-refractivity contribution in [2.45, 2.75) is 23.8 Å². The van der Waals surface area contributed by atoms with Gasteiger partial charge in [-0.3, -0.25) is 4.79 Å². The molecule has 124 valence electrons. The van der Waals surface area contributed by atoms with Gasteiger partial charge in [-0.1, -0.05) is 42.1 Å². The zero-order chi connectivity index (χ0) is 16.9. The Morgan fingerprint density at radius 3 is 2.83 bits per heavy atom. The molecular formula is C16H17N5O2S. The number of amides is 1. The van der Waals surface area contributed by atoms with Crippen LogP contribution in [0.2, 0.25) is 0 Å². The normalized spacial score (nSPS) is 10.9. The molecule has 1 amide bonds. The van der Waals surface area contributed by atoms with Crippen LogP contribution in [0.15, 0.2) is 46.1 Å². The Hall–Kier alpha value is -2.61. The van der Waals surface area contributed by atoms with Crippen LogP contribution < -0.4 is 5.73 Å². The number of primary amides is 1. The van der Waals surface area contributed by atoms with Gasteiger partial charge in [0.2, 0.25) is 11.8 Å². The molecule has 0 atom stereocenters. The van der Waals surface area contributed by atoms with Gasteiger partial charge in [-0.05, 0) is 0 Å². The Balaban J connectivity index is 1.62. The van der Waals surface area contributed by atoms with E-state index in [1.165, 1.54) is 11.8 Å². The van der Waals surface area contributed by atoms with E-state index >= 15 is 0 Å². The van der Waals surface area contributed by atoms with Crippen LogP contribution in [0, 0.1) is 0 Å². The molecule has 2 aromatic heterocycles. The maximum absolute atomic E-state index is 10.9. The number of carbonyl (C=O) groups excluding carboxylic acids is 1. The zero-order valence-corrected chi connectivity index (χ0v) is 14.0. The van der Waals surface area contributed by atoms with Crippen molar-refractivity contribution in [2.75, 3.05) is 0 Å². The second-order valence-corrected chi connectivity index (χ2v) is 6.14. The lowest BCUT2D eigenvalue weighted by atomic mass is 10.2. The minimum Gasteiger partial charge on any atom is -0.440 e. The van der Waals surface area contributed by atoms with Crippen LogP contribution in [0.5, 0.6) is 0 Å². The third kappa shape index (κ3) is 3.83. The van der Waals surface area contributed by atoms with Crippen molar-refractivity contribution in [2.24, 2.45) is 12.8 Å². The fourth-order valence-corrected chi connectivity index (χ4v) is 2.95. The lowest BCUT2D eigenvalue weighted by Crippen LogP contribution is -2.12. The van der Waals surface area contributed by atoms with Crippen LogP contribution in [-0.2, 0) is 24.0 Å². The molecule has 0 aliphatic carbocycles. The van der Waals surface area contributed by atoms with Crippen molar-refractivity contribution in [3.63, 3.8) is 0 Å². The Kier molecular flexibility index (Phi) is 4.95. The number of benzene rings is 1. The summed E-state index contributed by atoms with van der Waals surface area (Å²) in [5.41, 5.74) is 6.15. The van der Waals surface area contributed by atoms with Crippen LogP contribution in [-0.4, -0.2) is 25.7 Å². The van der Waals surface area contributed by atoms with Crippen molar-refractivity contribution in [3.05, 3.63) is 48.2 Å².